The van der Waals surface area contributed by atoms with Gasteiger partial charge in [0.1, 0.15) is 0 Å². The average molecular weight is 300 g/mol. The van der Waals surface area contributed by atoms with Crippen LogP contribution >= 0.6 is 24.8 Å². The lowest BCUT2D eigenvalue weighted by Crippen LogP contribution is -2.43. The number of likely N-dealkylation sites (N-methyl/N-ethyl adjacent to an activating group) is 1. The third kappa shape index (κ3) is 7.41. The Labute approximate surface area is 123 Å². The molecule has 0 aromatic rings. The van der Waals surface area contributed by atoms with Gasteiger partial charge in [-0.3, -0.25) is 4.79 Å². The van der Waals surface area contributed by atoms with Crippen molar-refractivity contribution in [1.82, 2.24) is 15.5 Å². The van der Waals surface area contributed by atoms with E-state index in [2.05, 4.69) is 36.4 Å². The fourth-order valence-corrected chi connectivity index (χ4v) is 1.83. The first-order chi connectivity index (χ1) is 7.61. The highest BCUT2D eigenvalue weighted by Crippen LogP contribution is 2.09. The molecule has 0 spiro atoms. The Bertz CT molecular complexity index is 221. The van der Waals surface area contributed by atoms with E-state index in [1.54, 1.807) is 0 Å². The van der Waals surface area contributed by atoms with E-state index in [0.717, 1.165) is 39.0 Å². The summed E-state index contributed by atoms with van der Waals surface area (Å²) in [4.78, 5) is 14.0. The lowest BCUT2D eigenvalue weighted by molar-refractivity contribution is -0.125. The number of nitrogens with one attached hydrogen (secondary N) is 2. The molecule has 1 rings (SSSR count). The van der Waals surface area contributed by atoms with Crippen molar-refractivity contribution in [2.45, 2.75) is 32.7 Å². The van der Waals surface area contributed by atoms with Gasteiger partial charge in [0.05, 0.1) is 5.92 Å². The zero-order valence-corrected chi connectivity index (χ0v) is 13.2. The summed E-state index contributed by atoms with van der Waals surface area (Å²) >= 11 is 0. The van der Waals surface area contributed by atoms with Gasteiger partial charge in [-0.15, -0.1) is 24.8 Å². The van der Waals surface area contributed by atoms with E-state index in [1.165, 1.54) is 0 Å². The van der Waals surface area contributed by atoms with Crippen LogP contribution in [-0.4, -0.2) is 50.1 Å². The van der Waals surface area contributed by atoms with Crippen molar-refractivity contribution in [3.8, 4) is 0 Å². The second-order valence-electron chi connectivity index (χ2n) is 4.91. The smallest absolute Gasteiger partial charge is 0.224 e. The van der Waals surface area contributed by atoms with Gasteiger partial charge < -0.3 is 15.5 Å². The number of carbonyl (C=O) groups is 1. The molecule has 18 heavy (non-hydrogen) atoms. The monoisotopic (exact) mass is 299 g/mol. The molecule has 1 amide bonds. The SMILES string of the molecule is CC(C)N(C)CCNC(=O)C1CCCNC1.Cl.Cl. The van der Waals surface area contributed by atoms with Gasteiger partial charge in [0.15, 0.2) is 0 Å². The summed E-state index contributed by atoms with van der Waals surface area (Å²) in [6.45, 7) is 7.89. The number of nitrogens with zero attached hydrogens (tertiary/aromatic N) is 1. The summed E-state index contributed by atoms with van der Waals surface area (Å²) in [6, 6.07) is 0.535. The lowest BCUT2D eigenvalue weighted by atomic mass is 9.99. The van der Waals surface area contributed by atoms with Gasteiger partial charge in [-0.05, 0) is 40.3 Å². The zero-order chi connectivity index (χ0) is 12.0. The normalized spacial score (nSPS) is 19.1. The summed E-state index contributed by atoms with van der Waals surface area (Å²) < 4.78 is 0. The summed E-state index contributed by atoms with van der Waals surface area (Å²) in [5.74, 6) is 0.391. The third-order valence-electron chi connectivity index (χ3n) is 3.31. The molecule has 6 heteroatoms. The maximum Gasteiger partial charge on any atom is 0.224 e. The zero-order valence-electron chi connectivity index (χ0n) is 11.6. The molecule has 1 heterocycles. The third-order valence-corrected chi connectivity index (χ3v) is 3.31. The van der Waals surface area contributed by atoms with Crippen molar-refractivity contribution >= 4 is 30.7 Å². The van der Waals surface area contributed by atoms with Crippen LogP contribution < -0.4 is 10.6 Å². The number of halogens is 2. The maximum atomic E-state index is 11.8. The van der Waals surface area contributed by atoms with Crippen LogP contribution in [0.5, 0.6) is 0 Å². The highest BCUT2D eigenvalue weighted by Gasteiger charge is 2.20. The Morgan fingerprint density at radius 1 is 1.44 bits per heavy atom. The molecule has 0 aromatic carbocycles. The van der Waals surface area contributed by atoms with E-state index in [-0.39, 0.29) is 36.6 Å². The number of carbonyl (C=O) groups excluding carboxylic acids is 1. The molecule has 1 atom stereocenters. The van der Waals surface area contributed by atoms with Crippen LogP contribution in [0.15, 0.2) is 0 Å². The molecule has 1 fully saturated rings. The van der Waals surface area contributed by atoms with Crippen molar-refractivity contribution in [2.75, 3.05) is 33.2 Å². The molecular formula is C12H27Cl2N3O. The summed E-state index contributed by atoms with van der Waals surface area (Å²) in [5.41, 5.74) is 0. The minimum atomic E-state index is 0. The van der Waals surface area contributed by atoms with Crippen molar-refractivity contribution in [1.29, 1.82) is 0 Å². The van der Waals surface area contributed by atoms with Crippen molar-refractivity contribution in [3.05, 3.63) is 0 Å². The molecule has 0 saturated carbocycles. The van der Waals surface area contributed by atoms with Gasteiger partial charge in [-0.25, -0.2) is 0 Å². The first kappa shape index (κ1) is 20.3. The Kier molecular flexibility index (Phi) is 12.2. The summed E-state index contributed by atoms with van der Waals surface area (Å²) in [5, 5.41) is 6.28. The second kappa shape index (κ2) is 10.9. The first-order valence-corrected chi connectivity index (χ1v) is 6.30. The van der Waals surface area contributed by atoms with Crippen molar-refractivity contribution < 1.29 is 4.79 Å². The Morgan fingerprint density at radius 3 is 2.61 bits per heavy atom. The van der Waals surface area contributed by atoms with Gasteiger partial charge in [-0.2, -0.15) is 0 Å². The highest BCUT2D eigenvalue weighted by atomic mass is 35.5. The number of amides is 1. The van der Waals surface area contributed by atoms with Gasteiger partial charge in [0.2, 0.25) is 5.91 Å². The van der Waals surface area contributed by atoms with E-state index < -0.39 is 0 Å². The van der Waals surface area contributed by atoms with Gasteiger partial charge in [-0.1, -0.05) is 0 Å². The largest absolute Gasteiger partial charge is 0.355 e. The predicted octanol–water partition coefficient (Wildman–Crippen LogP) is 1.29. The molecule has 1 unspecified atom stereocenters. The van der Waals surface area contributed by atoms with Crippen LogP contribution in [0, 0.1) is 5.92 Å². The van der Waals surface area contributed by atoms with Crippen LogP contribution in [0.3, 0.4) is 0 Å². The number of piperidine rings is 1. The van der Waals surface area contributed by atoms with Gasteiger partial charge in [0.25, 0.3) is 0 Å². The van der Waals surface area contributed by atoms with Gasteiger partial charge >= 0.3 is 0 Å². The van der Waals surface area contributed by atoms with Crippen LogP contribution in [-0.2, 0) is 4.79 Å². The van der Waals surface area contributed by atoms with Crippen molar-refractivity contribution in [2.24, 2.45) is 5.92 Å². The van der Waals surface area contributed by atoms with E-state index in [1.807, 2.05) is 0 Å². The number of rotatable bonds is 5. The summed E-state index contributed by atoms with van der Waals surface area (Å²) in [6.07, 6.45) is 2.14. The Morgan fingerprint density at radius 2 is 2.11 bits per heavy atom. The molecule has 2 N–H and O–H groups in total. The first-order valence-electron chi connectivity index (χ1n) is 6.30. The van der Waals surface area contributed by atoms with Crippen molar-refractivity contribution in [3.63, 3.8) is 0 Å². The fourth-order valence-electron chi connectivity index (χ4n) is 1.83. The standard InChI is InChI=1S/C12H25N3O.2ClH/c1-10(2)15(3)8-7-14-12(16)11-5-4-6-13-9-11;;/h10-11,13H,4-9H2,1-3H3,(H,14,16);2*1H. The Hall–Kier alpha value is -0.0300. The molecule has 4 nitrogen and oxygen atoms in total. The minimum absolute atomic E-state index is 0. The molecule has 0 aliphatic carbocycles. The van der Waals surface area contributed by atoms with Crippen LogP contribution in [0.1, 0.15) is 26.7 Å². The molecule has 1 saturated heterocycles. The molecule has 1 aliphatic rings. The van der Waals surface area contributed by atoms with Crippen LogP contribution in [0.25, 0.3) is 0 Å². The topological polar surface area (TPSA) is 44.4 Å². The molecule has 0 radical (unpaired) electrons. The number of hydrogen-bond donors (Lipinski definition) is 2. The summed E-state index contributed by atoms with van der Waals surface area (Å²) in [7, 11) is 2.08. The lowest BCUT2D eigenvalue weighted by Gasteiger charge is -2.24. The van der Waals surface area contributed by atoms with Gasteiger partial charge in [0, 0.05) is 25.7 Å². The molecule has 0 bridgehead atoms. The van der Waals surface area contributed by atoms with Crippen LogP contribution in [0.2, 0.25) is 0 Å². The fraction of sp³-hybridized carbons (Fsp3) is 0.917. The quantitative estimate of drug-likeness (QED) is 0.804. The van der Waals surface area contributed by atoms with Crippen LogP contribution in [0.4, 0.5) is 0 Å². The predicted molar refractivity (Wildman–Crippen MR) is 80.9 cm³/mol. The molecule has 110 valence electrons. The van der Waals surface area contributed by atoms with E-state index in [4.69, 9.17) is 0 Å². The molecule has 1 aliphatic heterocycles. The van der Waals surface area contributed by atoms with E-state index in [0.29, 0.717) is 6.04 Å². The van der Waals surface area contributed by atoms with E-state index >= 15 is 0 Å². The Balaban J connectivity index is 0. The minimum Gasteiger partial charge on any atom is -0.355 e. The average Bonchev–Trinajstić information content (AvgIpc) is 2.29. The highest BCUT2D eigenvalue weighted by molar-refractivity contribution is 5.85. The second-order valence-corrected chi connectivity index (χ2v) is 4.91. The number of hydrogen-bond acceptors (Lipinski definition) is 3. The molecule has 0 aromatic heterocycles. The maximum absolute atomic E-state index is 11.8. The van der Waals surface area contributed by atoms with E-state index in [9.17, 15) is 4.79 Å². The molecular weight excluding hydrogens is 273 g/mol.